The van der Waals surface area contributed by atoms with Gasteiger partial charge < -0.3 is 19.7 Å². The maximum Gasteiger partial charge on any atom is 0.325 e. The Morgan fingerprint density at radius 1 is 1.15 bits per heavy atom. The lowest BCUT2D eigenvalue weighted by atomic mass is 10.2. The number of ether oxygens (including phenoxy) is 1. The van der Waals surface area contributed by atoms with Crippen molar-refractivity contribution in [3.63, 3.8) is 0 Å². The molecule has 6 heteroatoms. The molecule has 0 fully saturated rings. The summed E-state index contributed by atoms with van der Waals surface area (Å²) in [4.78, 5) is 22.9. The minimum Gasteiger partial charge on any atom is -0.489 e. The molecule has 0 aliphatic heterocycles. The Bertz CT molecular complexity index is 918. The van der Waals surface area contributed by atoms with Gasteiger partial charge >= 0.3 is 5.97 Å². The molecule has 1 amide bonds. The van der Waals surface area contributed by atoms with Gasteiger partial charge in [0.1, 0.15) is 24.9 Å². The largest absolute Gasteiger partial charge is 0.489 e. The normalized spacial score (nSPS) is 11.9. The SMILES string of the molecule is C[C@H](NC(=O)Cn1ccc2ccc(OCc3ccccc3)cc21)C(=O)O. The predicted octanol–water partition coefficient (Wildman–Crippen LogP) is 2.81. The number of hydrogen-bond acceptors (Lipinski definition) is 3. The number of aromatic nitrogens is 1. The van der Waals surface area contributed by atoms with Crippen LogP contribution in [-0.4, -0.2) is 27.6 Å². The Kier molecular flexibility index (Phi) is 5.22. The van der Waals surface area contributed by atoms with Crippen molar-refractivity contribution in [3.8, 4) is 5.75 Å². The van der Waals surface area contributed by atoms with E-state index in [9.17, 15) is 9.59 Å². The summed E-state index contributed by atoms with van der Waals surface area (Å²) in [5.74, 6) is -0.707. The molecule has 0 aliphatic rings. The van der Waals surface area contributed by atoms with E-state index in [1.54, 1.807) is 10.8 Å². The van der Waals surface area contributed by atoms with Gasteiger partial charge in [-0.25, -0.2) is 0 Å². The van der Waals surface area contributed by atoms with Gasteiger partial charge in [0, 0.05) is 12.3 Å². The van der Waals surface area contributed by atoms with Crippen molar-refractivity contribution in [1.82, 2.24) is 9.88 Å². The third-order valence-electron chi connectivity index (χ3n) is 4.06. The zero-order chi connectivity index (χ0) is 18.5. The topological polar surface area (TPSA) is 80.6 Å². The number of carboxylic acids is 1. The molecule has 26 heavy (non-hydrogen) atoms. The number of fused-ring (bicyclic) bond motifs is 1. The number of aliphatic carboxylic acids is 1. The molecule has 2 N–H and O–H groups in total. The highest BCUT2D eigenvalue weighted by atomic mass is 16.5. The van der Waals surface area contributed by atoms with Gasteiger partial charge in [-0.15, -0.1) is 0 Å². The van der Waals surface area contributed by atoms with Crippen molar-refractivity contribution in [2.24, 2.45) is 0 Å². The lowest BCUT2D eigenvalue weighted by Gasteiger charge is -2.11. The van der Waals surface area contributed by atoms with Crippen LogP contribution in [0.1, 0.15) is 12.5 Å². The highest BCUT2D eigenvalue weighted by Crippen LogP contribution is 2.23. The molecule has 0 saturated heterocycles. The first-order valence-electron chi connectivity index (χ1n) is 8.31. The molecule has 3 rings (SSSR count). The van der Waals surface area contributed by atoms with Gasteiger partial charge in [-0.3, -0.25) is 9.59 Å². The van der Waals surface area contributed by atoms with E-state index in [4.69, 9.17) is 9.84 Å². The zero-order valence-electron chi connectivity index (χ0n) is 14.4. The summed E-state index contributed by atoms with van der Waals surface area (Å²) in [7, 11) is 0. The van der Waals surface area contributed by atoms with Crippen molar-refractivity contribution in [2.45, 2.75) is 26.1 Å². The maximum atomic E-state index is 12.0. The van der Waals surface area contributed by atoms with Crippen LogP contribution in [0.15, 0.2) is 60.8 Å². The van der Waals surface area contributed by atoms with Crippen molar-refractivity contribution >= 4 is 22.8 Å². The molecular formula is C20H20N2O4. The van der Waals surface area contributed by atoms with E-state index in [0.29, 0.717) is 12.4 Å². The third-order valence-corrected chi connectivity index (χ3v) is 4.06. The molecule has 0 bridgehead atoms. The van der Waals surface area contributed by atoms with Crippen molar-refractivity contribution in [1.29, 1.82) is 0 Å². The predicted molar refractivity (Wildman–Crippen MR) is 98.0 cm³/mol. The summed E-state index contributed by atoms with van der Waals surface area (Å²) in [6.45, 7) is 1.94. The second-order valence-electron chi connectivity index (χ2n) is 6.07. The third kappa shape index (κ3) is 4.22. The number of carboxylic acid groups (broad SMARTS) is 1. The number of benzene rings is 2. The van der Waals surface area contributed by atoms with Crippen LogP contribution in [0.3, 0.4) is 0 Å². The number of carbonyl (C=O) groups is 2. The van der Waals surface area contributed by atoms with Crippen molar-refractivity contribution < 1.29 is 19.4 Å². The smallest absolute Gasteiger partial charge is 0.325 e. The van der Waals surface area contributed by atoms with Gasteiger partial charge in [0.25, 0.3) is 0 Å². The second-order valence-corrected chi connectivity index (χ2v) is 6.07. The lowest BCUT2D eigenvalue weighted by molar-refractivity contribution is -0.141. The van der Waals surface area contributed by atoms with Gasteiger partial charge in [-0.05, 0) is 36.1 Å². The molecule has 1 aromatic heterocycles. The average Bonchev–Trinajstić information content (AvgIpc) is 3.02. The maximum absolute atomic E-state index is 12.0. The van der Waals surface area contributed by atoms with Crippen LogP contribution in [0.5, 0.6) is 5.75 Å². The van der Waals surface area contributed by atoms with Gasteiger partial charge in [-0.2, -0.15) is 0 Å². The van der Waals surface area contributed by atoms with Crippen LogP contribution in [0, 0.1) is 0 Å². The molecule has 3 aromatic rings. The molecule has 134 valence electrons. The van der Waals surface area contributed by atoms with E-state index in [-0.39, 0.29) is 12.5 Å². The Morgan fingerprint density at radius 2 is 1.92 bits per heavy atom. The van der Waals surface area contributed by atoms with Crippen LogP contribution in [-0.2, 0) is 22.7 Å². The minimum absolute atomic E-state index is 0.0449. The standard InChI is InChI=1S/C20H20N2O4/c1-14(20(24)25)21-19(23)12-22-10-9-16-7-8-17(11-18(16)22)26-13-15-5-3-2-4-6-15/h2-11,14H,12-13H2,1H3,(H,21,23)(H,24,25)/t14-/m0/s1. The highest BCUT2D eigenvalue weighted by Gasteiger charge is 2.14. The fraction of sp³-hybridized carbons (Fsp3) is 0.200. The molecule has 1 atom stereocenters. The van der Waals surface area contributed by atoms with Crippen LogP contribution in [0.4, 0.5) is 0 Å². The Morgan fingerprint density at radius 3 is 2.65 bits per heavy atom. The molecule has 0 spiro atoms. The van der Waals surface area contributed by atoms with E-state index >= 15 is 0 Å². The zero-order valence-corrected chi connectivity index (χ0v) is 14.4. The summed E-state index contributed by atoms with van der Waals surface area (Å²) in [5, 5.41) is 12.3. The number of rotatable bonds is 7. The first-order chi connectivity index (χ1) is 12.5. The Labute approximate surface area is 151 Å². The minimum atomic E-state index is -1.06. The summed E-state index contributed by atoms with van der Waals surface area (Å²) in [5.41, 5.74) is 1.93. The van der Waals surface area contributed by atoms with Crippen molar-refractivity contribution in [3.05, 3.63) is 66.4 Å². The van der Waals surface area contributed by atoms with E-state index in [1.807, 2.05) is 54.6 Å². The molecular weight excluding hydrogens is 332 g/mol. The quantitative estimate of drug-likeness (QED) is 0.685. The lowest BCUT2D eigenvalue weighted by Crippen LogP contribution is -2.39. The fourth-order valence-corrected chi connectivity index (χ4v) is 2.64. The second kappa shape index (κ2) is 7.74. The van der Waals surface area contributed by atoms with Gasteiger partial charge in [0.05, 0.1) is 5.52 Å². The van der Waals surface area contributed by atoms with E-state index in [2.05, 4.69) is 5.32 Å². The monoisotopic (exact) mass is 352 g/mol. The Hall–Kier alpha value is -3.28. The highest BCUT2D eigenvalue weighted by molar-refractivity contribution is 5.86. The molecule has 0 radical (unpaired) electrons. The molecule has 0 aliphatic carbocycles. The van der Waals surface area contributed by atoms with Crippen LogP contribution >= 0.6 is 0 Å². The molecule has 0 unspecified atom stereocenters. The summed E-state index contributed by atoms with van der Waals surface area (Å²) >= 11 is 0. The first-order valence-corrected chi connectivity index (χ1v) is 8.31. The first kappa shape index (κ1) is 17.5. The van der Waals surface area contributed by atoms with Crippen molar-refractivity contribution in [2.75, 3.05) is 0 Å². The fourth-order valence-electron chi connectivity index (χ4n) is 2.64. The van der Waals surface area contributed by atoms with E-state index in [1.165, 1.54) is 6.92 Å². The number of nitrogens with one attached hydrogen (secondary N) is 1. The number of nitrogens with zero attached hydrogens (tertiary/aromatic N) is 1. The van der Waals surface area contributed by atoms with Crippen LogP contribution in [0.2, 0.25) is 0 Å². The molecule has 6 nitrogen and oxygen atoms in total. The number of hydrogen-bond donors (Lipinski definition) is 2. The summed E-state index contributed by atoms with van der Waals surface area (Å²) in [6, 6.07) is 16.6. The van der Waals surface area contributed by atoms with Gasteiger partial charge in [-0.1, -0.05) is 30.3 Å². The molecule has 2 aromatic carbocycles. The molecule has 0 saturated carbocycles. The summed E-state index contributed by atoms with van der Waals surface area (Å²) in [6.07, 6.45) is 1.80. The van der Waals surface area contributed by atoms with E-state index in [0.717, 1.165) is 16.5 Å². The Balaban J connectivity index is 1.71. The van der Waals surface area contributed by atoms with E-state index < -0.39 is 12.0 Å². The average molecular weight is 352 g/mol. The number of amides is 1. The van der Waals surface area contributed by atoms with Gasteiger partial charge in [0.15, 0.2) is 0 Å². The molecule has 1 heterocycles. The number of carbonyl (C=O) groups excluding carboxylic acids is 1. The summed E-state index contributed by atoms with van der Waals surface area (Å²) < 4.78 is 7.61. The van der Waals surface area contributed by atoms with Gasteiger partial charge in [0.2, 0.25) is 5.91 Å². The van der Waals surface area contributed by atoms with Crippen LogP contribution < -0.4 is 10.1 Å². The van der Waals surface area contributed by atoms with Crippen LogP contribution in [0.25, 0.3) is 10.9 Å².